The maximum absolute atomic E-state index is 12.9. The van der Waals surface area contributed by atoms with E-state index in [9.17, 15) is 9.50 Å². The summed E-state index contributed by atoms with van der Waals surface area (Å²) in [6.07, 6.45) is 3.83. The molecule has 1 saturated heterocycles. The van der Waals surface area contributed by atoms with E-state index in [1.807, 2.05) is 0 Å². The normalized spacial score (nSPS) is 30.8. The van der Waals surface area contributed by atoms with Gasteiger partial charge in [-0.25, -0.2) is 4.39 Å². The fourth-order valence-electron chi connectivity index (χ4n) is 3.49. The highest BCUT2D eigenvalue weighted by Gasteiger charge is 2.38. The van der Waals surface area contributed by atoms with Crippen molar-refractivity contribution in [3.63, 3.8) is 0 Å². The Labute approximate surface area is 130 Å². The topological polar surface area (TPSA) is 54.8 Å². The molecule has 2 heterocycles. The minimum absolute atomic E-state index is 0.216. The average molecular weight is 310 g/mol. The quantitative estimate of drug-likeness (QED) is 0.914. The summed E-state index contributed by atoms with van der Waals surface area (Å²) in [5.41, 5.74) is 0.503. The Bertz CT molecular complexity index is 485. The molecule has 1 aliphatic heterocycles. The number of aliphatic hydroxyl groups excluding tert-OH is 1. The molecule has 1 aliphatic carbocycles. The lowest BCUT2D eigenvalue weighted by atomic mass is 9.87. The Hall–Kier alpha value is -1.08. The maximum atomic E-state index is 12.9. The van der Waals surface area contributed by atoms with Gasteiger partial charge in [-0.2, -0.15) is 0 Å². The molecule has 122 valence electrons. The Balaban J connectivity index is 1.66. The van der Waals surface area contributed by atoms with Gasteiger partial charge in [0.1, 0.15) is 11.9 Å². The van der Waals surface area contributed by atoms with Crippen molar-refractivity contribution in [2.75, 3.05) is 26.8 Å². The SMILES string of the molecule is COC1CCC2OCCN(CC(O)c3ccc(F)cn3)C2C1. The molecule has 1 saturated carbocycles. The van der Waals surface area contributed by atoms with Crippen LogP contribution >= 0.6 is 0 Å². The van der Waals surface area contributed by atoms with Crippen LogP contribution in [0.15, 0.2) is 18.3 Å². The molecule has 6 heteroatoms. The van der Waals surface area contributed by atoms with E-state index >= 15 is 0 Å². The van der Waals surface area contributed by atoms with Gasteiger partial charge in [0, 0.05) is 26.2 Å². The summed E-state index contributed by atoms with van der Waals surface area (Å²) in [4.78, 5) is 6.23. The first kappa shape index (κ1) is 15.8. The van der Waals surface area contributed by atoms with Gasteiger partial charge in [-0.1, -0.05) is 0 Å². The summed E-state index contributed by atoms with van der Waals surface area (Å²) in [6.45, 7) is 1.96. The van der Waals surface area contributed by atoms with Crippen LogP contribution in [-0.2, 0) is 9.47 Å². The van der Waals surface area contributed by atoms with E-state index < -0.39 is 11.9 Å². The average Bonchev–Trinajstić information content (AvgIpc) is 2.55. The molecule has 3 rings (SSSR count). The van der Waals surface area contributed by atoms with Crippen LogP contribution in [0.4, 0.5) is 4.39 Å². The fraction of sp³-hybridized carbons (Fsp3) is 0.688. The highest BCUT2D eigenvalue weighted by molar-refractivity contribution is 5.09. The van der Waals surface area contributed by atoms with Gasteiger partial charge in [0.25, 0.3) is 0 Å². The number of hydrogen-bond donors (Lipinski definition) is 1. The number of aromatic nitrogens is 1. The molecule has 0 spiro atoms. The van der Waals surface area contributed by atoms with E-state index in [-0.39, 0.29) is 18.2 Å². The first-order chi connectivity index (χ1) is 10.7. The van der Waals surface area contributed by atoms with Crippen molar-refractivity contribution in [2.45, 2.75) is 43.6 Å². The summed E-state index contributed by atoms with van der Waals surface area (Å²) < 4.78 is 24.3. The van der Waals surface area contributed by atoms with Crippen LogP contribution in [-0.4, -0.2) is 60.0 Å². The van der Waals surface area contributed by atoms with Gasteiger partial charge in [0.15, 0.2) is 0 Å². The second kappa shape index (κ2) is 7.00. The lowest BCUT2D eigenvalue weighted by Crippen LogP contribution is -2.55. The van der Waals surface area contributed by atoms with E-state index in [1.54, 1.807) is 7.11 Å². The van der Waals surface area contributed by atoms with Crippen molar-refractivity contribution in [2.24, 2.45) is 0 Å². The largest absolute Gasteiger partial charge is 0.385 e. The number of methoxy groups -OCH3 is 1. The molecule has 0 bridgehead atoms. The van der Waals surface area contributed by atoms with Gasteiger partial charge < -0.3 is 14.6 Å². The Morgan fingerprint density at radius 1 is 1.50 bits per heavy atom. The highest BCUT2D eigenvalue weighted by atomic mass is 19.1. The molecular formula is C16H23FN2O3. The summed E-state index contributed by atoms with van der Waals surface area (Å²) in [5.74, 6) is -0.391. The van der Waals surface area contributed by atoms with Crippen LogP contribution in [0.5, 0.6) is 0 Å². The first-order valence-electron chi connectivity index (χ1n) is 7.85. The highest BCUT2D eigenvalue weighted by Crippen LogP contribution is 2.31. The number of halogens is 1. The molecule has 5 nitrogen and oxygen atoms in total. The number of hydrogen-bond acceptors (Lipinski definition) is 5. The molecule has 1 aromatic rings. The van der Waals surface area contributed by atoms with Gasteiger partial charge in [0.05, 0.1) is 30.7 Å². The van der Waals surface area contributed by atoms with Crippen LogP contribution in [0.3, 0.4) is 0 Å². The zero-order valence-electron chi connectivity index (χ0n) is 12.8. The molecule has 0 radical (unpaired) electrons. The van der Waals surface area contributed by atoms with Gasteiger partial charge in [-0.05, 0) is 31.4 Å². The molecule has 2 fully saturated rings. The summed E-state index contributed by atoms with van der Waals surface area (Å²) >= 11 is 0. The van der Waals surface area contributed by atoms with Crippen LogP contribution in [0.1, 0.15) is 31.1 Å². The fourth-order valence-corrected chi connectivity index (χ4v) is 3.49. The maximum Gasteiger partial charge on any atom is 0.141 e. The minimum atomic E-state index is -0.720. The number of nitrogens with zero attached hydrogens (tertiary/aromatic N) is 2. The number of morpholine rings is 1. The van der Waals surface area contributed by atoms with E-state index in [1.165, 1.54) is 12.1 Å². The lowest BCUT2D eigenvalue weighted by Gasteiger charge is -2.46. The standard InChI is InChI=1S/C16H23FN2O3/c1-21-12-3-5-16-14(8-12)19(6-7-22-16)10-15(20)13-4-2-11(17)9-18-13/h2,4,9,12,14-16,20H,3,5-8,10H2,1H3. The van der Waals surface area contributed by atoms with E-state index in [0.717, 1.165) is 32.0 Å². The van der Waals surface area contributed by atoms with Crippen molar-refractivity contribution in [1.82, 2.24) is 9.88 Å². The smallest absolute Gasteiger partial charge is 0.141 e. The Morgan fingerprint density at radius 3 is 3.09 bits per heavy atom. The summed E-state index contributed by atoms with van der Waals surface area (Å²) in [6, 6.07) is 3.13. The molecule has 2 aliphatic rings. The van der Waals surface area contributed by atoms with Crippen molar-refractivity contribution < 1.29 is 19.0 Å². The van der Waals surface area contributed by atoms with Crippen molar-refractivity contribution in [3.8, 4) is 0 Å². The van der Waals surface area contributed by atoms with Crippen LogP contribution in [0, 0.1) is 5.82 Å². The second-order valence-corrected chi connectivity index (χ2v) is 6.06. The third-order valence-electron chi connectivity index (χ3n) is 4.72. The van der Waals surface area contributed by atoms with Crippen LogP contribution in [0.25, 0.3) is 0 Å². The van der Waals surface area contributed by atoms with E-state index in [0.29, 0.717) is 18.8 Å². The first-order valence-corrected chi connectivity index (χ1v) is 7.85. The minimum Gasteiger partial charge on any atom is -0.385 e. The molecule has 0 amide bonds. The van der Waals surface area contributed by atoms with Crippen LogP contribution < -0.4 is 0 Å². The molecule has 22 heavy (non-hydrogen) atoms. The lowest BCUT2D eigenvalue weighted by molar-refractivity contribution is -0.120. The van der Waals surface area contributed by atoms with E-state index in [2.05, 4.69) is 9.88 Å². The molecule has 0 aromatic carbocycles. The number of fused-ring (bicyclic) bond motifs is 1. The Morgan fingerprint density at radius 2 is 2.36 bits per heavy atom. The van der Waals surface area contributed by atoms with Crippen LogP contribution in [0.2, 0.25) is 0 Å². The van der Waals surface area contributed by atoms with Gasteiger partial charge in [-0.3, -0.25) is 9.88 Å². The third kappa shape index (κ3) is 3.46. The number of ether oxygens (including phenoxy) is 2. The predicted octanol–water partition coefficient (Wildman–Crippen LogP) is 1.52. The van der Waals surface area contributed by atoms with Gasteiger partial charge in [0.2, 0.25) is 0 Å². The second-order valence-electron chi connectivity index (χ2n) is 6.06. The molecule has 1 aromatic heterocycles. The molecule has 1 N–H and O–H groups in total. The van der Waals surface area contributed by atoms with Crippen molar-refractivity contribution in [1.29, 1.82) is 0 Å². The monoisotopic (exact) mass is 310 g/mol. The predicted molar refractivity (Wildman–Crippen MR) is 78.9 cm³/mol. The summed E-state index contributed by atoms with van der Waals surface area (Å²) in [7, 11) is 1.75. The van der Waals surface area contributed by atoms with Crippen molar-refractivity contribution in [3.05, 3.63) is 29.8 Å². The van der Waals surface area contributed by atoms with Gasteiger partial charge >= 0.3 is 0 Å². The molecule has 4 atom stereocenters. The summed E-state index contributed by atoms with van der Waals surface area (Å²) in [5, 5.41) is 10.4. The molecular weight excluding hydrogens is 287 g/mol. The number of β-amino-alcohol motifs (C(OH)–C–C–N with tert-alkyl or cyclic N) is 1. The number of pyridine rings is 1. The zero-order chi connectivity index (χ0) is 15.5. The zero-order valence-corrected chi connectivity index (χ0v) is 12.8. The third-order valence-corrected chi connectivity index (χ3v) is 4.72. The number of aliphatic hydroxyl groups is 1. The van der Waals surface area contributed by atoms with Gasteiger partial charge in [-0.15, -0.1) is 0 Å². The molecule has 4 unspecified atom stereocenters. The number of rotatable bonds is 4. The Kier molecular flexibility index (Phi) is 5.03. The van der Waals surface area contributed by atoms with Crippen molar-refractivity contribution >= 4 is 0 Å². The van der Waals surface area contributed by atoms with E-state index in [4.69, 9.17) is 9.47 Å².